The molecule has 4 nitrogen and oxygen atoms in total. The van der Waals surface area contributed by atoms with E-state index in [0.717, 1.165) is 24.8 Å². The largest absolute Gasteiger partial charge is 0.339 e. The van der Waals surface area contributed by atoms with Gasteiger partial charge in [0.25, 0.3) is 0 Å². The highest BCUT2D eigenvalue weighted by Gasteiger charge is 2.20. The Morgan fingerprint density at radius 2 is 2.27 bits per heavy atom. The number of aromatic nitrogens is 2. The first-order chi connectivity index (χ1) is 7.27. The lowest BCUT2D eigenvalue weighted by atomic mass is 10.0. The molecule has 1 aromatic rings. The SMILES string of the molecule is CC(C)c1nc(C2CCCCNC2)no1. The van der Waals surface area contributed by atoms with Crippen molar-refractivity contribution in [2.75, 3.05) is 13.1 Å². The Morgan fingerprint density at radius 3 is 3.00 bits per heavy atom. The van der Waals surface area contributed by atoms with Gasteiger partial charge in [-0.05, 0) is 19.4 Å². The van der Waals surface area contributed by atoms with E-state index in [1.54, 1.807) is 0 Å². The smallest absolute Gasteiger partial charge is 0.229 e. The molecule has 2 rings (SSSR count). The summed E-state index contributed by atoms with van der Waals surface area (Å²) in [5, 5.41) is 7.49. The van der Waals surface area contributed by atoms with Gasteiger partial charge in [-0.1, -0.05) is 25.4 Å². The van der Waals surface area contributed by atoms with Gasteiger partial charge in [0.1, 0.15) is 0 Å². The molecular formula is C11H19N3O. The highest BCUT2D eigenvalue weighted by atomic mass is 16.5. The Balaban J connectivity index is 2.06. The molecule has 1 aliphatic rings. The molecule has 1 aromatic heterocycles. The number of rotatable bonds is 2. The molecule has 1 aliphatic heterocycles. The van der Waals surface area contributed by atoms with E-state index < -0.39 is 0 Å². The van der Waals surface area contributed by atoms with Crippen LogP contribution in [0, 0.1) is 0 Å². The van der Waals surface area contributed by atoms with E-state index in [9.17, 15) is 0 Å². The average Bonchev–Trinajstić information content (AvgIpc) is 2.55. The topological polar surface area (TPSA) is 51.0 Å². The minimum Gasteiger partial charge on any atom is -0.339 e. The van der Waals surface area contributed by atoms with Crippen molar-refractivity contribution in [1.29, 1.82) is 0 Å². The standard InChI is InChI=1S/C11H19N3O/c1-8(2)11-13-10(14-15-11)9-5-3-4-6-12-7-9/h8-9,12H,3-7H2,1-2H3. The summed E-state index contributed by atoms with van der Waals surface area (Å²) in [4.78, 5) is 4.46. The van der Waals surface area contributed by atoms with E-state index >= 15 is 0 Å². The summed E-state index contributed by atoms with van der Waals surface area (Å²) in [6, 6.07) is 0. The summed E-state index contributed by atoms with van der Waals surface area (Å²) in [7, 11) is 0. The van der Waals surface area contributed by atoms with Gasteiger partial charge in [0, 0.05) is 18.4 Å². The molecule has 0 radical (unpaired) electrons. The van der Waals surface area contributed by atoms with Crippen molar-refractivity contribution in [2.24, 2.45) is 0 Å². The average molecular weight is 209 g/mol. The lowest BCUT2D eigenvalue weighted by Crippen LogP contribution is -2.20. The number of hydrogen-bond acceptors (Lipinski definition) is 4. The van der Waals surface area contributed by atoms with Crippen LogP contribution < -0.4 is 5.32 Å². The molecule has 0 aromatic carbocycles. The van der Waals surface area contributed by atoms with Crippen molar-refractivity contribution in [3.63, 3.8) is 0 Å². The number of nitrogens with zero attached hydrogens (tertiary/aromatic N) is 2. The van der Waals surface area contributed by atoms with Crippen LogP contribution in [-0.2, 0) is 0 Å². The van der Waals surface area contributed by atoms with E-state index in [0.29, 0.717) is 11.8 Å². The number of nitrogens with one attached hydrogen (secondary N) is 1. The monoisotopic (exact) mass is 209 g/mol. The van der Waals surface area contributed by atoms with Gasteiger partial charge in [0.2, 0.25) is 5.89 Å². The van der Waals surface area contributed by atoms with Gasteiger partial charge in [0.15, 0.2) is 5.82 Å². The Morgan fingerprint density at radius 1 is 1.40 bits per heavy atom. The van der Waals surface area contributed by atoms with Crippen LogP contribution in [-0.4, -0.2) is 23.2 Å². The first-order valence-corrected chi connectivity index (χ1v) is 5.81. The molecule has 1 saturated heterocycles. The fourth-order valence-electron chi connectivity index (χ4n) is 1.89. The molecule has 1 N–H and O–H groups in total. The van der Waals surface area contributed by atoms with Crippen LogP contribution in [0.15, 0.2) is 4.52 Å². The maximum atomic E-state index is 5.23. The van der Waals surface area contributed by atoms with Crippen molar-refractivity contribution >= 4 is 0 Å². The summed E-state index contributed by atoms with van der Waals surface area (Å²) in [6.07, 6.45) is 3.68. The van der Waals surface area contributed by atoms with Gasteiger partial charge in [-0.15, -0.1) is 0 Å². The van der Waals surface area contributed by atoms with E-state index in [2.05, 4.69) is 29.3 Å². The Kier molecular flexibility index (Phi) is 3.36. The van der Waals surface area contributed by atoms with Gasteiger partial charge in [-0.25, -0.2) is 0 Å². The zero-order valence-electron chi connectivity index (χ0n) is 9.49. The second-order valence-corrected chi connectivity index (χ2v) is 4.54. The van der Waals surface area contributed by atoms with E-state index in [4.69, 9.17) is 4.52 Å². The Labute approximate surface area is 90.4 Å². The Bertz CT molecular complexity index is 301. The maximum absolute atomic E-state index is 5.23. The molecular weight excluding hydrogens is 190 g/mol. The summed E-state index contributed by atoms with van der Waals surface area (Å²) < 4.78 is 5.23. The van der Waals surface area contributed by atoms with Gasteiger partial charge in [0.05, 0.1) is 0 Å². The van der Waals surface area contributed by atoms with Crippen LogP contribution in [0.1, 0.15) is 56.7 Å². The van der Waals surface area contributed by atoms with E-state index in [1.165, 1.54) is 19.3 Å². The predicted octanol–water partition coefficient (Wildman–Crippen LogP) is 2.05. The maximum Gasteiger partial charge on any atom is 0.229 e. The molecule has 84 valence electrons. The van der Waals surface area contributed by atoms with Gasteiger partial charge in [-0.2, -0.15) is 4.98 Å². The molecule has 15 heavy (non-hydrogen) atoms. The highest BCUT2D eigenvalue weighted by Crippen LogP contribution is 2.22. The van der Waals surface area contributed by atoms with Crippen molar-refractivity contribution in [3.8, 4) is 0 Å². The van der Waals surface area contributed by atoms with Crippen molar-refractivity contribution < 1.29 is 4.52 Å². The quantitative estimate of drug-likeness (QED) is 0.810. The zero-order valence-corrected chi connectivity index (χ0v) is 9.49. The third-order valence-corrected chi connectivity index (χ3v) is 2.86. The normalized spacial score (nSPS) is 23.0. The number of hydrogen-bond donors (Lipinski definition) is 1. The molecule has 1 atom stereocenters. The molecule has 1 fully saturated rings. The zero-order chi connectivity index (χ0) is 10.7. The van der Waals surface area contributed by atoms with Crippen LogP contribution in [0.4, 0.5) is 0 Å². The van der Waals surface area contributed by atoms with Crippen LogP contribution in [0.3, 0.4) is 0 Å². The molecule has 0 bridgehead atoms. The van der Waals surface area contributed by atoms with Crippen molar-refractivity contribution in [1.82, 2.24) is 15.5 Å². The molecule has 0 aliphatic carbocycles. The summed E-state index contributed by atoms with van der Waals surface area (Å²) >= 11 is 0. The molecule has 2 heterocycles. The third kappa shape index (κ3) is 2.56. The third-order valence-electron chi connectivity index (χ3n) is 2.86. The van der Waals surface area contributed by atoms with Crippen molar-refractivity contribution in [3.05, 3.63) is 11.7 Å². The van der Waals surface area contributed by atoms with Crippen LogP contribution >= 0.6 is 0 Å². The fraction of sp³-hybridized carbons (Fsp3) is 0.818. The minimum absolute atomic E-state index is 0.324. The molecule has 0 amide bonds. The lowest BCUT2D eigenvalue weighted by molar-refractivity contribution is 0.356. The Hall–Kier alpha value is -0.900. The second kappa shape index (κ2) is 4.75. The minimum atomic E-state index is 0.324. The van der Waals surface area contributed by atoms with Crippen LogP contribution in [0.25, 0.3) is 0 Å². The summed E-state index contributed by atoms with van der Waals surface area (Å²) in [5.41, 5.74) is 0. The molecule has 4 heteroatoms. The van der Waals surface area contributed by atoms with E-state index in [-0.39, 0.29) is 0 Å². The van der Waals surface area contributed by atoms with Gasteiger partial charge >= 0.3 is 0 Å². The summed E-state index contributed by atoms with van der Waals surface area (Å²) in [6.45, 7) is 6.24. The van der Waals surface area contributed by atoms with Crippen molar-refractivity contribution in [2.45, 2.75) is 44.9 Å². The molecule has 0 saturated carbocycles. The second-order valence-electron chi connectivity index (χ2n) is 4.54. The lowest BCUT2D eigenvalue weighted by Gasteiger charge is -2.08. The highest BCUT2D eigenvalue weighted by molar-refractivity contribution is 4.99. The van der Waals surface area contributed by atoms with E-state index in [1.807, 2.05) is 0 Å². The predicted molar refractivity (Wildman–Crippen MR) is 57.8 cm³/mol. The van der Waals surface area contributed by atoms with Crippen LogP contribution in [0.5, 0.6) is 0 Å². The first kappa shape index (κ1) is 10.6. The fourth-order valence-corrected chi connectivity index (χ4v) is 1.89. The van der Waals surface area contributed by atoms with Gasteiger partial charge < -0.3 is 9.84 Å². The van der Waals surface area contributed by atoms with Crippen LogP contribution in [0.2, 0.25) is 0 Å². The van der Waals surface area contributed by atoms with Gasteiger partial charge in [-0.3, -0.25) is 0 Å². The summed E-state index contributed by atoms with van der Waals surface area (Å²) in [5.74, 6) is 2.40. The molecule has 1 unspecified atom stereocenters. The first-order valence-electron chi connectivity index (χ1n) is 5.81. The molecule has 0 spiro atoms.